The molecule has 0 aliphatic carbocycles. The molecule has 0 N–H and O–H groups in total. The van der Waals surface area contributed by atoms with E-state index in [0.29, 0.717) is 18.8 Å². The lowest BCUT2D eigenvalue weighted by Gasteiger charge is -2.36. The van der Waals surface area contributed by atoms with E-state index in [9.17, 15) is 22.8 Å². The van der Waals surface area contributed by atoms with Gasteiger partial charge in [0, 0.05) is 13.0 Å². The molecule has 1 fully saturated rings. The van der Waals surface area contributed by atoms with E-state index < -0.39 is 36.6 Å². The fourth-order valence-corrected chi connectivity index (χ4v) is 5.87. The molecule has 0 spiro atoms. The largest absolute Gasteiger partial charge is 0.494 e. The highest BCUT2D eigenvalue weighted by Crippen LogP contribution is 2.35. The number of halogens is 3. The number of ether oxygens (including phenoxy) is 5. The van der Waals surface area contributed by atoms with Crippen molar-refractivity contribution < 1.29 is 46.4 Å². The summed E-state index contributed by atoms with van der Waals surface area (Å²) < 4.78 is 68.6. The average molecular weight is 713 g/mol. The zero-order valence-electron chi connectivity index (χ0n) is 29.8. The van der Waals surface area contributed by atoms with Crippen molar-refractivity contribution >= 4 is 11.9 Å². The predicted molar refractivity (Wildman–Crippen MR) is 190 cm³/mol. The molecule has 278 valence electrons. The third-order valence-corrected chi connectivity index (χ3v) is 8.83. The maximum Gasteiger partial charge on any atom is 0.418 e. The summed E-state index contributed by atoms with van der Waals surface area (Å²) in [7, 11) is 0. The molecule has 0 amide bonds. The van der Waals surface area contributed by atoms with Crippen LogP contribution in [-0.4, -0.2) is 49.8 Å². The number of alkyl halides is 3. The first-order valence-corrected chi connectivity index (χ1v) is 18.4. The summed E-state index contributed by atoms with van der Waals surface area (Å²) in [5.41, 5.74) is 2.25. The van der Waals surface area contributed by atoms with E-state index in [2.05, 4.69) is 6.92 Å². The maximum absolute atomic E-state index is 13.8. The first-order valence-electron chi connectivity index (χ1n) is 18.4. The molecule has 51 heavy (non-hydrogen) atoms. The first-order chi connectivity index (χ1) is 24.7. The highest BCUT2D eigenvalue weighted by atomic mass is 19.4. The van der Waals surface area contributed by atoms with Crippen LogP contribution in [0.1, 0.15) is 118 Å². The molecular weight excluding hydrogens is 661 g/mol. The van der Waals surface area contributed by atoms with Crippen molar-refractivity contribution in [1.29, 1.82) is 0 Å². The van der Waals surface area contributed by atoms with Gasteiger partial charge in [-0.3, -0.25) is 0 Å². The summed E-state index contributed by atoms with van der Waals surface area (Å²) in [4.78, 5) is 25.6. The number of unbranched alkanes of at least 4 members (excludes halogenated alkanes) is 9. The molecule has 0 unspecified atom stereocenters. The molecule has 1 aliphatic rings. The second-order valence-corrected chi connectivity index (χ2v) is 13.0. The number of rotatable bonds is 20. The molecule has 10 heteroatoms. The molecule has 1 saturated heterocycles. The highest BCUT2D eigenvalue weighted by molar-refractivity contribution is 5.92. The molecule has 0 radical (unpaired) electrons. The molecule has 3 aromatic carbocycles. The minimum absolute atomic E-state index is 0.0163. The summed E-state index contributed by atoms with van der Waals surface area (Å²) in [5.74, 6) is -0.538. The Labute approximate surface area is 299 Å². The minimum Gasteiger partial charge on any atom is -0.494 e. The number of esters is 2. The summed E-state index contributed by atoms with van der Waals surface area (Å²) in [6.07, 6.45) is 3.20. The third-order valence-electron chi connectivity index (χ3n) is 8.83. The summed E-state index contributed by atoms with van der Waals surface area (Å²) >= 11 is 0. The molecule has 3 atom stereocenters. The molecule has 0 aromatic heterocycles. The van der Waals surface area contributed by atoms with E-state index in [4.69, 9.17) is 23.7 Å². The first kappa shape index (κ1) is 39.9. The third kappa shape index (κ3) is 13.3. The van der Waals surface area contributed by atoms with Gasteiger partial charge in [0.15, 0.2) is 12.4 Å². The van der Waals surface area contributed by atoms with Crippen molar-refractivity contribution in [3.8, 4) is 22.6 Å². The Morgan fingerprint density at radius 3 is 1.78 bits per heavy atom. The van der Waals surface area contributed by atoms with Gasteiger partial charge < -0.3 is 23.7 Å². The van der Waals surface area contributed by atoms with Crippen LogP contribution in [0.15, 0.2) is 72.8 Å². The normalized spacial score (nSPS) is 17.5. The van der Waals surface area contributed by atoms with Crippen LogP contribution in [0.3, 0.4) is 0 Å². The van der Waals surface area contributed by atoms with E-state index in [0.717, 1.165) is 42.6 Å². The molecule has 0 saturated carbocycles. The second kappa shape index (κ2) is 20.8. The quantitative estimate of drug-likeness (QED) is 0.0655. The van der Waals surface area contributed by atoms with Gasteiger partial charge in [0.05, 0.1) is 17.7 Å². The highest BCUT2D eigenvalue weighted by Gasteiger charge is 2.51. The fraction of sp³-hybridized carbons (Fsp3) is 0.512. The average Bonchev–Trinajstić information content (AvgIpc) is 3.13. The number of hydrogen-bond donors (Lipinski definition) is 0. The Morgan fingerprint density at radius 1 is 0.647 bits per heavy atom. The van der Waals surface area contributed by atoms with Gasteiger partial charge in [-0.05, 0) is 78.9 Å². The second-order valence-electron chi connectivity index (χ2n) is 13.0. The molecule has 4 rings (SSSR count). The van der Waals surface area contributed by atoms with E-state index in [-0.39, 0.29) is 24.2 Å². The molecule has 3 aromatic rings. The van der Waals surface area contributed by atoms with Crippen molar-refractivity contribution in [1.82, 2.24) is 0 Å². The van der Waals surface area contributed by atoms with Crippen molar-refractivity contribution in [2.45, 2.75) is 122 Å². The zero-order valence-corrected chi connectivity index (χ0v) is 29.8. The minimum atomic E-state index is -4.74. The molecule has 1 heterocycles. The van der Waals surface area contributed by atoms with Crippen molar-refractivity contribution in [3.05, 3.63) is 83.9 Å². The Bertz CT molecular complexity index is 1460. The van der Waals surface area contributed by atoms with E-state index >= 15 is 0 Å². The standard InChI is InChI=1S/C41H51F3O7/c1-3-5-7-8-9-10-11-13-28-47-34-22-18-31(19-23-34)30-14-16-32(17-15-30)39(45)49-35-24-20-33(21-25-35)40(46)50-36-26-27-37(48-29-12-6-4-2)51-38(36)41(42,43)44/h14-25,36-38H,3-13,26-29H2,1-2H3/t36-,37+,38-/m1/s1. The predicted octanol–water partition coefficient (Wildman–Crippen LogP) is 10.9. The van der Waals surface area contributed by atoms with Crippen molar-refractivity contribution in [2.75, 3.05) is 13.2 Å². The molecular formula is C41H51F3O7. The zero-order chi connectivity index (χ0) is 36.5. The van der Waals surface area contributed by atoms with Gasteiger partial charge >= 0.3 is 18.1 Å². The van der Waals surface area contributed by atoms with E-state index in [1.165, 1.54) is 69.2 Å². The van der Waals surface area contributed by atoms with Gasteiger partial charge in [0.1, 0.15) is 17.6 Å². The van der Waals surface area contributed by atoms with E-state index in [1.807, 2.05) is 43.3 Å². The van der Waals surface area contributed by atoms with Gasteiger partial charge in [-0.1, -0.05) is 95.9 Å². The van der Waals surface area contributed by atoms with Crippen LogP contribution in [0.4, 0.5) is 13.2 Å². The number of carbonyl (C=O) groups excluding carboxylic acids is 2. The van der Waals surface area contributed by atoms with Gasteiger partial charge in [-0.15, -0.1) is 0 Å². The number of hydrogen-bond acceptors (Lipinski definition) is 7. The van der Waals surface area contributed by atoms with Crippen molar-refractivity contribution in [2.24, 2.45) is 0 Å². The Balaban J connectivity index is 1.22. The van der Waals surface area contributed by atoms with Gasteiger partial charge in [0.25, 0.3) is 0 Å². The summed E-state index contributed by atoms with van der Waals surface area (Å²) in [5, 5.41) is 0. The van der Waals surface area contributed by atoms with Crippen molar-refractivity contribution in [3.63, 3.8) is 0 Å². The Morgan fingerprint density at radius 2 is 1.16 bits per heavy atom. The smallest absolute Gasteiger partial charge is 0.418 e. The van der Waals surface area contributed by atoms with Crippen LogP contribution in [0.2, 0.25) is 0 Å². The monoisotopic (exact) mass is 712 g/mol. The lowest BCUT2D eigenvalue weighted by molar-refractivity contribution is -0.311. The van der Waals surface area contributed by atoms with Crippen LogP contribution >= 0.6 is 0 Å². The van der Waals surface area contributed by atoms with Crippen LogP contribution in [-0.2, 0) is 14.2 Å². The SMILES string of the molecule is CCCCCCCCCCOc1ccc(-c2ccc(C(=O)Oc3ccc(C(=O)O[C@@H]4CC[C@@H](OCCCCC)O[C@H]4C(F)(F)F)cc3)cc2)cc1. The van der Waals surface area contributed by atoms with Gasteiger partial charge in [-0.25, -0.2) is 9.59 Å². The lowest BCUT2D eigenvalue weighted by Crippen LogP contribution is -2.50. The van der Waals surface area contributed by atoms with Crippen LogP contribution in [0.25, 0.3) is 11.1 Å². The fourth-order valence-electron chi connectivity index (χ4n) is 5.87. The summed E-state index contributed by atoms with van der Waals surface area (Å²) in [6.45, 7) is 5.26. The topological polar surface area (TPSA) is 80.3 Å². The molecule has 1 aliphatic heterocycles. The Hall–Kier alpha value is -3.89. The van der Waals surface area contributed by atoms with Gasteiger partial charge in [0.2, 0.25) is 0 Å². The summed E-state index contributed by atoms with van der Waals surface area (Å²) in [6, 6.07) is 20.3. The van der Waals surface area contributed by atoms with Crippen LogP contribution in [0.5, 0.6) is 11.5 Å². The van der Waals surface area contributed by atoms with Gasteiger partial charge in [-0.2, -0.15) is 13.2 Å². The Kier molecular flexibility index (Phi) is 16.3. The van der Waals surface area contributed by atoms with E-state index in [1.54, 1.807) is 12.1 Å². The lowest BCUT2D eigenvalue weighted by atomic mass is 10.0. The maximum atomic E-state index is 13.8. The number of benzene rings is 3. The van der Waals surface area contributed by atoms with Crippen LogP contribution in [0, 0.1) is 0 Å². The molecule has 0 bridgehead atoms. The molecule has 7 nitrogen and oxygen atoms in total. The van der Waals surface area contributed by atoms with Crippen LogP contribution < -0.4 is 9.47 Å². The number of carbonyl (C=O) groups is 2.